The number of hydrogen-bond donors (Lipinski definition) is 2. The number of aliphatic hydroxyl groups is 1. The molecule has 8 rings (SSSR count). The van der Waals surface area contributed by atoms with Crippen LogP contribution in [0, 0.1) is 5.41 Å². The molecular weight excluding hydrogens is 664 g/mol. The van der Waals surface area contributed by atoms with Crippen molar-refractivity contribution in [2.45, 2.75) is 56.9 Å². The van der Waals surface area contributed by atoms with Crippen molar-refractivity contribution in [1.29, 1.82) is 0 Å². The fraction of sp³-hybridized carbons (Fsp3) is 0.405. The average molecular weight is 702 g/mol. The fourth-order valence-electron chi connectivity index (χ4n) is 8.03. The fourth-order valence-corrected chi connectivity index (χ4v) is 8.03. The molecular formula is C37H38B4N8O4. The molecule has 2 saturated heterocycles. The highest BCUT2D eigenvalue weighted by Gasteiger charge is 2.33. The first-order chi connectivity index (χ1) is 25.2. The summed E-state index contributed by atoms with van der Waals surface area (Å²) in [5.74, 6) is 0.535. The van der Waals surface area contributed by atoms with Crippen LogP contribution in [0.5, 0.6) is 0 Å². The first-order valence-electron chi connectivity index (χ1n) is 17.8. The molecule has 0 bridgehead atoms. The van der Waals surface area contributed by atoms with Gasteiger partial charge in [-0.2, -0.15) is 0 Å². The van der Waals surface area contributed by atoms with Gasteiger partial charge >= 0.3 is 0 Å². The summed E-state index contributed by atoms with van der Waals surface area (Å²) >= 11 is 0. The number of aromatic nitrogens is 5. The Bertz CT molecular complexity index is 2330. The molecule has 5 aromatic heterocycles. The Hall–Kier alpha value is -4.52. The third-order valence-electron chi connectivity index (χ3n) is 10.7. The van der Waals surface area contributed by atoms with Crippen LogP contribution >= 0.6 is 0 Å². The Balaban J connectivity index is 1.14. The van der Waals surface area contributed by atoms with E-state index < -0.39 is 16.8 Å². The standard InChI is InChI=1S/C37H38B4N8O4/c1-21-17-45(25-19-53-20-25)8-9-46(21)24-4-5-30(43-16-24)44-27-12-23(18-49(34(27)51)37(39,40)41)26-6-7-42-33(31(26)32(38)50)48-11-10-47-28(35(48)52)13-22-14-36(2,3)15-29(22)47/h4-7,10-13,16,18,21,25,32,50H,8-9,14-15,17,19-20H2,1-3H3,(H,43,44)/t21-,32?/m0/s1. The summed E-state index contributed by atoms with van der Waals surface area (Å²) in [4.78, 5) is 41.6. The number of rotatable bonds is 8. The van der Waals surface area contributed by atoms with Gasteiger partial charge in [-0.1, -0.05) is 19.1 Å². The predicted octanol–water partition coefficient (Wildman–Crippen LogP) is 1.72. The molecule has 1 unspecified atom stereocenters. The summed E-state index contributed by atoms with van der Waals surface area (Å²) in [6.07, 6.45) is 9.83. The van der Waals surface area contributed by atoms with E-state index in [4.69, 9.17) is 36.1 Å². The van der Waals surface area contributed by atoms with Gasteiger partial charge in [0, 0.05) is 73.3 Å². The molecule has 2 N–H and O–H groups in total. The first-order valence-corrected chi connectivity index (χ1v) is 17.8. The molecule has 0 saturated carbocycles. The average Bonchev–Trinajstić information content (AvgIpc) is 3.57. The molecule has 1 aliphatic carbocycles. The molecule has 16 heteroatoms. The normalized spacial score (nSPS) is 19.6. The van der Waals surface area contributed by atoms with E-state index in [1.54, 1.807) is 30.6 Å². The van der Waals surface area contributed by atoms with Crippen LogP contribution in [0.1, 0.15) is 43.6 Å². The van der Waals surface area contributed by atoms with E-state index >= 15 is 0 Å². The van der Waals surface area contributed by atoms with Gasteiger partial charge in [0.15, 0.2) is 0 Å². The van der Waals surface area contributed by atoms with E-state index in [1.807, 2.05) is 22.7 Å². The van der Waals surface area contributed by atoms with Crippen LogP contribution in [0.15, 0.2) is 70.9 Å². The third-order valence-corrected chi connectivity index (χ3v) is 10.7. The van der Waals surface area contributed by atoms with E-state index in [1.165, 1.54) is 17.0 Å². The number of anilines is 3. The van der Waals surface area contributed by atoms with Gasteiger partial charge in [0.05, 0.1) is 54.7 Å². The highest BCUT2D eigenvalue weighted by atomic mass is 16.5. The van der Waals surface area contributed by atoms with Gasteiger partial charge < -0.3 is 29.0 Å². The van der Waals surface area contributed by atoms with Gasteiger partial charge in [-0.3, -0.25) is 19.1 Å². The Morgan fingerprint density at radius 1 is 1.04 bits per heavy atom. The minimum atomic E-state index is -2.09. The lowest BCUT2D eigenvalue weighted by Gasteiger charge is -2.46. The first kappa shape index (κ1) is 35.5. The number of piperazine rings is 1. The number of nitrogens with zero attached hydrogens (tertiary/aromatic N) is 7. The molecule has 0 amide bonds. The second kappa shape index (κ2) is 13.1. The molecule has 8 radical (unpaired) electrons. The molecule has 5 aromatic rings. The topological polar surface area (TPSA) is 122 Å². The minimum absolute atomic E-state index is 0.0678. The number of nitrogens with one attached hydrogen (secondary N) is 1. The lowest BCUT2D eigenvalue weighted by molar-refractivity contribution is -0.0691. The van der Waals surface area contributed by atoms with Gasteiger partial charge in [-0.15, -0.1) is 0 Å². The summed E-state index contributed by atoms with van der Waals surface area (Å²) in [5.41, 5.74) is 3.88. The Morgan fingerprint density at radius 2 is 1.83 bits per heavy atom. The third kappa shape index (κ3) is 6.44. The number of ether oxygens (including phenoxy) is 1. The Kier molecular flexibility index (Phi) is 8.78. The maximum absolute atomic E-state index is 14.0. The summed E-state index contributed by atoms with van der Waals surface area (Å²) in [7, 11) is 24.4. The highest BCUT2D eigenvalue weighted by molar-refractivity contribution is 6.56. The van der Waals surface area contributed by atoms with Crippen molar-refractivity contribution in [3.05, 3.63) is 98.8 Å². The molecule has 12 nitrogen and oxygen atoms in total. The van der Waals surface area contributed by atoms with Crippen LogP contribution in [-0.2, 0) is 22.8 Å². The zero-order chi connectivity index (χ0) is 37.4. The Morgan fingerprint density at radius 3 is 2.49 bits per heavy atom. The Labute approximate surface area is 312 Å². The van der Waals surface area contributed by atoms with Crippen LogP contribution in [0.2, 0.25) is 0 Å². The largest absolute Gasteiger partial charge is 0.398 e. The molecule has 2 fully saturated rings. The zero-order valence-electron chi connectivity index (χ0n) is 30.1. The van der Waals surface area contributed by atoms with E-state index in [0.717, 1.165) is 67.2 Å². The molecule has 0 aromatic carbocycles. The number of hydrogen-bond acceptors (Lipinski definition) is 9. The molecule has 7 heterocycles. The van der Waals surface area contributed by atoms with Crippen molar-refractivity contribution < 1.29 is 9.84 Å². The van der Waals surface area contributed by atoms with E-state index in [-0.39, 0.29) is 34.1 Å². The number of aliphatic hydroxyl groups excluding tert-OH is 1. The van der Waals surface area contributed by atoms with Gasteiger partial charge in [0.2, 0.25) is 0 Å². The van der Waals surface area contributed by atoms with Crippen LogP contribution in [0.25, 0.3) is 22.5 Å². The highest BCUT2D eigenvalue weighted by Crippen LogP contribution is 2.38. The van der Waals surface area contributed by atoms with Crippen molar-refractivity contribution in [1.82, 2.24) is 28.4 Å². The molecule has 262 valence electrons. The van der Waals surface area contributed by atoms with E-state index in [9.17, 15) is 14.7 Å². The predicted molar refractivity (Wildman–Crippen MR) is 208 cm³/mol. The molecule has 2 aliphatic heterocycles. The maximum atomic E-state index is 14.0. The zero-order valence-corrected chi connectivity index (χ0v) is 30.1. The summed E-state index contributed by atoms with van der Waals surface area (Å²) in [6, 6.07) is 8.09. The van der Waals surface area contributed by atoms with Gasteiger partial charge in [0.25, 0.3) is 11.1 Å². The van der Waals surface area contributed by atoms with Crippen molar-refractivity contribution in [3.63, 3.8) is 0 Å². The molecule has 3 aliphatic rings. The minimum Gasteiger partial charge on any atom is -0.398 e. The smallest absolute Gasteiger partial charge is 0.280 e. The second-order valence-electron chi connectivity index (χ2n) is 15.4. The van der Waals surface area contributed by atoms with Crippen LogP contribution in [0.3, 0.4) is 0 Å². The molecule has 53 heavy (non-hydrogen) atoms. The van der Waals surface area contributed by atoms with Crippen molar-refractivity contribution in [3.8, 4) is 16.9 Å². The SMILES string of the molecule is [B]C(O)c1c(-c2cc(Nc3ccc(N4CCN(C5COC5)C[C@@H]4C)cn3)c(=O)n(C([B])([B])[B])c2)ccnc1-n1ccn2c3c(cc2c1=O)CC(C)(C)C3. The quantitative estimate of drug-likeness (QED) is 0.233. The lowest BCUT2D eigenvalue weighted by atomic mass is 9.49. The molecule has 0 spiro atoms. The van der Waals surface area contributed by atoms with Crippen molar-refractivity contribution in [2.24, 2.45) is 5.41 Å². The van der Waals surface area contributed by atoms with Crippen LogP contribution in [-0.4, -0.2) is 110 Å². The van der Waals surface area contributed by atoms with E-state index in [2.05, 4.69) is 45.9 Å². The number of pyridine rings is 3. The van der Waals surface area contributed by atoms with Crippen molar-refractivity contribution >= 4 is 54.1 Å². The number of fused-ring (bicyclic) bond motifs is 3. The van der Waals surface area contributed by atoms with Crippen molar-refractivity contribution in [2.75, 3.05) is 43.1 Å². The van der Waals surface area contributed by atoms with Gasteiger partial charge in [0.1, 0.15) is 30.7 Å². The second-order valence-corrected chi connectivity index (χ2v) is 15.4. The van der Waals surface area contributed by atoms with Crippen LogP contribution in [0.4, 0.5) is 17.2 Å². The maximum Gasteiger partial charge on any atom is 0.280 e. The van der Waals surface area contributed by atoms with E-state index in [0.29, 0.717) is 28.5 Å². The summed E-state index contributed by atoms with van der Waals surface area (Å²) in [5, 5.41) is 12.0. The molecule has 2 atom stereocenters. The van der Waals surface area contributed by atoms with Crippen LogP contribution < -0.4 is 21.3 Å². The van der Waals surface area contributed by atoms with Gasteiger partial charge in [-0.25, -0.2) is 9.97 Å². The van der Waals surface area contributed by atoms with Gasteiger partial charge in [-0.05, 0) is 66.6 Å². The summed E-state index contributed by atoms with van der Waals surface area (Å²) in [6.45, 7) is 10.9. The summed E-state index contributed by atoms with van der Waals surface area (Å²) < 4.78 is 9.67. The monoisotopic (exact) mass is 702 g/mol. The lowest BCUT2D eigenvalue weighted by Crippen LogP contribution is -2.59.